The predicted octanol–water partition coefficient (Wildman–Crippen LogP) is 5.36. The van der Waals surface area contributed by atoms with Gasteiger partial charge in [-0.1, -0.05) is 12.1 Å². The number of halogens is 4. The third-order valence-corrected chi connectivity index (χ3v) is 5.93. The zero-order chi connectivity index (χ0) is 24.6. The van der Waals surface area contributed by atoms with Crippen LogP contribution in [0.15, 0.2) is 42.5 Å². The molecule has 34 heavy (non-hydrogen) atoms. The van der Waals surface area contributed by atoms with Gasteiger partial charge in [0.15, 0.2) is 22.5 Å². The average molecular weight is 507 g/mol. The number of aromatic hydroxyl groups is 1. The summed E-state index contributed by atoms with van der Waals surface area (Å²) in [6, 6.07) is 11.7. The maximum Gasteiger partial charge on any atom is 0.263 e. The van der Waals surface area contributed by atoms with Crippen molar-refractivity contribution in [1.29, 1.82) is 0 Å². The first-order chi connectivity index (χ1) is 16.2. The van der Waals surface area contributed by atoms with Crippen LogP contribution in [-0.2, 0) is 0 Å². The van der Waals surface area contributed by atoms with Crippen LogP contribution in [0.1, 0.15) is 10.4 Å². The van der Waals surface area contributed by atoms with E-state index in [-0.39, 0.29) is 5.75 Å². The fourth-order valence-electron chi connectivity index (χ4n) is 3.09. The first kappa shape index (κ1) is 23.4. The highest BCUT2D eigenvalue weighted by Crippen LogP contribution is 2.36. The number of aromatic nitrogens is 1. The van der Waals surface area contributed by atoms with Crippen molar-refractivity contribution in [2.24, 2.45) is 0 Å². The van der Waals surface area contributed by atoms with Crippen LogP contribution in [0.3, 0.4) is 0 Å². The summed E-state index contributed by atoms with van der Waals surface area (Å²) in [6.45, 7) is 0. The van der Waals surface area contributed by atoms with Gasteiger partial charge >= 0.3 is 0 Å². The largest absolute Gasteiger partial charge is 0.507 e. The molecule has 0 aliphatic rings. The molecule has 4 rings (SSSR count). The topological polar surface area (TPSA) is 83.5 Å². The Bertz CT molecular complexity index is 1400. The van der Waals surface area contributed by atoms with Crippen molar-refractivity contribution in [3.8, 4) is 22.1 Å². The van der Waals surface area contributed by atoms with Gasteiger partial charge in [-0.25, -0.2) is 13.8 Å². The van der Waals surface area contributed by atoms with Gasteiger partial charge in [-0.3, -0.25) is 10.1 Å². The van der Waals surface area contributed by atoms with Crippen LogP contribution >= 0.6 is 23.6 Å². The van der Waals surface area contributed by atoms with Crippen molar-refractivity contribution >= 4 is 50.5 Å². The Morgan fingerprint density at radius 1 is 1.06 bits per heavy atom. The lowest BCUT2D eigenvalue weighted by Crippen LogP contribution is -2.35. The van der Waals surface area contributed by atoms with Crippen molar-refractivity contribution < 1.29 is 32.2 Å². The number of benzene rings is 3. The molecule has 1 heterocycles. The minimum Gasteiger partial charge on any atom is -0.507 e. The molecule has 0 radical (unpaired) electrons. The Morgan fingerprint density at radius 3 is 2.38 bits per heavy atom. The van der Waals surface area contributed by atoms with Gasteiger partial charge in [0.1, 0.15) is 16.3 Å². The maximum atomic E-state index is 14.2. The van der Waals surface area contributed by atoms with E-state index in [9.17, 15) is 27.5 Å². The molecule has 0 aliphatic carbocycles. The smallest absolute Gasteiger partial charge is 0.263 e. The third-order valence-electron chi connectivity index (χ3n) is 4.66. The average Bonchev–Trinajstić information content (AvgIpc) is 3.23. The van der Waals surface area contributed by atoms with Gasteiger partial charge < -0.3 is 15.2 Å². The molecule has 1 aromatic heterocycles. The van der Waals surface area contributed by atoms with Crippen LogP contribution in [0.5, 0.6) is 11.5 Å². The second-order valence-electron chi connectivity index (χ2n) is 6.79. The second-order valence-corrected chi connectivity index (χ2v) is 8.23. The fraction of sp³-hybridized carbons (Fsp3) is 0.0455. The number of thiazole rings is 1. The number of carbonyl (C=O) groups is 1. The van der Waals surface area contributed by atoms with Gasteiger partial charge in [0.25, 0.3) is 5.91 Å². The monoisotopic (exact) mass is 507 g/mol. The molecule has 0 atom stereocenters. The first-order valence-electron chi connectivity index (χ1n) is 9.42. The minimum atomic E-state index is -1.93. The quantitative estimate of drug-likeness (QED) is 0.149. The molecule has 12 heteroatoms. The number of phenols is 1. The molecule has 0 aliphatic heterocycles. The normalized spacial score (nSPS) is 10.9. The molecule has 0 bridgehead atoms. The van der Waals surface area contributed by atoms with Crippen LogP contribution in [-0.4, -0.2) is 28.2 Å². The molecule has 0 fully saturated rings. The first-order valence-corrected chi connectivity index (χ1v) is 10.6. The van der Waals surface area contributed by atoms with Crippen LogP contribution in [0.25, 0.3) is 20.8 Å². The Morgan fingerprint density at radius 2 is 1.74 bits per heavy atom. The number of para-hydroxylation sites is 1. The van der Waals surface area contributed by atoms with E-state index in [0.717, 1.165) is 17.3 Å². The maximum absolute atomic E-state index is 14.2. The molecular formula is C22H13F4N3O3S2. The lowest BCUT2D eigenvalue weighted by Gasteiger charge is -2.13. The predicted molar refractivity (Wildman–Crippen MR) is 123 cm³/mol. The van der Waals surface area contributed by atoms with Crippen molar-refractivity contribution in [2.75, 3.05) is 12.4 Å². The van der Waals surface area contributed by atoms with Crippen LogP contribution < -0.4 is 15.4 Å². The molecular weight excluding hydrogens is 494 g/mol. The van der Waals surface area contributed by atoms with Gasteiger partial charge in [-0.2, -0.15) is 8.78 Å². The van der Waals surface area contributed by atoms with E-state index < -0.39 is 45.6 Å². The number of ether oxygens (including phenoxy) is 1. The van der Waals surface area contributed by atoms with E-state index in [0.29, 0.717) is 16.3 Å². The standard InChI is InChI=1S/C22H13F4N3O3S2/c1-32-19-17(25)15(23)14(16(24)18(19)26)20(31)29-22(33)27-9-6-7-12(30)10(8-9)21-28-11-4-2-3-5-13(11)34-21/h2-8,30H,1H3,(H2,27,29,31,33). The van der Waals surface area contributed by atoms with Crippen molar-refractivity contribution in [3.63, 3.8) is 0 Å². The summed E-state index contributed by atoms with van der Waals surface area (Å²) in [5, 5.41) is 15.0. The number of carbonyl (C=O) groups excluding carboxylic acids is 1. The van der Waals surface area contributed by atoms with Gasteiger partial charge in [0.05, 0.1) is 22.9 Å². The molecule has 6 nitrogen and oxygen atoms in total. The Hall–Kier alpha value is -3.77. The number of thiocarbonyl (C=S) groups is 1. The molecule has 3 aromatic carbocycles. The zero-order valence-electron chi connectivity index (χ0n) is 17.1. The number of nitrogens with one attached hydrogen (secondary N) is 2. The number of methoxy groups -OCH3 is 1. The van der Waals surface area contributed by atoms with Gasteiger partial charge in [-0.15, -0.1) is 11.3 Å². The summed E-state index contributed by atoms with van der Waals surface area (Å²) in [5.74, 6) is -10.4. The minimum absolute atomic E-state index is 0.0621. The van der Waals surface area contributed by atoms with E-state index in [1.165, 1.54) is 29.5 Å². The van der Waals surface area contributed by atoms with E-state index in [2.05, 4.69) is 15.0 Å². The number of anilines is 1. The lowest BCUT2D eigenvalue weighted by molar-refractivity contribution is 0.0966. The summed E-state index contributed by atoms with van der Waals surface area (Å²) < 4.78 is 61.3. The Labute approximate surface area is 198 Å². The Balaban J connectivity index is 1.56. The number of nitrogens with zero attached hydrogens (tertiary/aromatic N) is 1. The Kier molecular flexibility index (Phi) is 6.35. The van der Waals surface area contributed by atoms with Crippen molar-refractivity contribution in [2.45, 2.75) is 0 Å². The molecule has 3 N–H and O–H groups in total. The number of hydrogen-bond acceptors (Lipinski definition) is 6. The van der Waals surface area contributed by atoms with Crippen molar-refractivity contribution in [1.82, 2.24) is 10.3 Å². The molecule has 0 unspecified atom stereocenters. The highest BCUT2D eigenvalue weighted by Gasteiger charge is 2.30. The number of amides is 1. The highest BCUT2D eigenvalue weighted by atomic mass is 32.1. The van der Waals surface area contributed by atoms with Crippen LogP contribution in [0.4, 0.5) is 23.2 Å². The summed E-state index contributed by atoms with van der Waals surface area (Å²) >= 11 is 6.33. The van der Waals surface area contributed by atoms with Crippen molar-refractivity contribution in [3.05, 3.63) is 71.3 Å². The second kappa shape index (κ2) is 9.23. The highest BCUT2D eigenvalue weighted by molar-refractivity contribution is 7.80. The molecule has 174 valence electrons. The van der Waals surface area contributed by atoms with E-state index in [1.54, 1.807) is 0 Å². The molecule has 0 saturated heterocycles. The molecule has 0 saturated carbocycles. The van der Waals surface area contributed by atoms with Gasteiger partial charge in [0.2, 0.25) is 11.6 Å². The van der Waals surface area contributed by atoms with Crippen LogP contribution in [0.2, 0.25) is 0 Å². The van der Waals surface area contributed by atoms with Gasteiger partial charge in [-0.05, 0) is 42.5 Å². The molecule has 4 aromatic rings. The fourth-order valence-corrected chi connectivity index (χ4v) is 4.29. The lowest BCUT2D eigenvalue weighted by atomic mass is 10.1. The summed E-state index contributed by atoms with van der Waals surface area (Å²) in [4.78, 5) is 16.8. The number of rotatable bonds is 4. The van der Waals surface area contributed by atoms with E-state index in [4.69, 9.17) is 12.2 Å². The summed E-state index contributed by atoms with van der Waals surface area (Å²) in [5.41, 5.74) is -0.0889. The summed E-state index contributed by atoms with van der Waals surface area (Å²) in [6.07, 6.45) is 0. The van der Waals surface area contributed by atoms with Crippen LogP contribution in [0, 0.1) is 23.3 Å². The summed E-state index contributed by atoms with van der Waals surface area (Å²) in [7, 11) is 0.819. The number of phenolic OH excluding ortho intramolecular Hbond substituents is 1. The molecule has 0 spiro atoms. The zero-order valence-corrected chi connectivity index (χ0v) is 18.7. The van der Waals surface area contributed by atoms with Gasteiger partial charge in [0, 0.05) is 5.69 Å². The number of fused-ring (bicyclic) bond motifs is 1. The van der Waals surface area contributed by atoms with E-state index in [1.807, 2.05) is 29.6 Å². The van der Waals surface area contributed by atoms with E-state index >= 15 is 0 Å². The number of hydrogen-bond donors (Lipinski definition) is 3. The third kappa shape index (κ3) is 4.24. The molecule has 1 amide bonds. The SMILES string of the molecule is COc1c(F)c(F)c(C(=O)NC(=S)Nc2ccc(O)c(-c3nc4ccccc4s3)c2)c(F)c1F.